The van der Waals surface area contributed by atoms with Crippen LogP contribution >= 0.6 is 34.9 Å². The zero-order valence-corrected chi connectivity index (χ0v) is 28.5. The molecule has 1 fully saturated rings. The number of carboxylic acid groups (broad SMARTS) is 2. The first-order chi connectivity index (χ1) is 22.6. The van der Waals surface area contributed by atoms with E-state index in [-0.39, 0.29) is 33.8 Å². The van der Waals surface area contributed by atoms with Gasteiger partial charge in [-0.3, -0.25) is 14.5 Å². The van der Waals surface area contributed by atoms with Gasteiger partial charge in [0.15, 0.2) is 10.8 Å². The molecule has 2 atom stereocenters. The third-order valence-electron chi connectivity index (χ3n) is 7.33. The number of carbonyl (C=O) groups excluding carboxylic acids is 2. The van der Waals surface area contributed by atoms with Crippen molar-refractivity contribution >= 4 is 81.1 Å². The molecule has 19 heteroatoms. The molecule has 2 amide bonds. The first-order valence-electron chi connectivity index (χ1n) is 14.2. The van der Waals surface area contributed by atoms with Gasteiger partial charge >= 0.3 is 17.1 Å². The summed E-state index contributed by atoms with van der Waals surface area (Å²) in [5.74, 6) is -3.25. The molecule has 48 heavy (non-hydrogen) atoms. The van der Waals surface area contributed by atoms with Crippen molar-refractivity contribution in [3.8, 4) is 5.69 Å². The second-order valence-electron chi connectivity index (χ2n) is 11.3. The summed E-state index contributed by atoms with van der Waals surface area (Å²) in [6, 6.07) is 6.29. The lowest BCUT2D eigenvalue weighted by Crippen LogP contribution is -2.71. The number of thioether (sulfide) groups is 2. The van der Waals surface area contributed by atoms with E-state index >= 15 is 0 Å². The topological polar surface area (TPSA) is 253 Å². The number of benzene rings is 1. The zero-order valence-electron chi connectivity index (χ0n) is 26.1. The van der Waals surface area contributed by atoms with Gasteiger partial charge in [0.2, 0.25) is 17.2 Å². The Labute approximate surface area is 286 Å². The van der Waals surface area contributed by atoms with E-state index in [0.29, 0.717) is 16.5 Å². The summed E-state index contributed by atoms with van der Waals surface area (Å²) >= 11 is 3.52. The fraction of sp³-hybridized carbons (Fsp3) is 0.310. The molecule has 1 saturated heterocycles. The molecule has 2 aromatic heterocycles. The predicted octanol–water partition coefficient (Wildman–Crippen LogP) is 1.29. The van der Waals surface area contributed by atoms with E-state index in [9.17, 15) is 29.4 Å². The molecule has 5 rings (SSSR count). The Morgan fingerprint density at radius 3 is 2.54 bits per heavy atom. The fourth-order valence-electron chi connectivity index (χ4n) is 4.87. The Bertz CT molecular complexity index is 1910. The molecule has 3 aromatic rings. The molecule has 9 N–H and O–H groups in total. The largest absolute Gasteiger partial charge is 0.478 e. The summed E-state index contributed by atoms with van der Waals surface area (Å²) in [7, 11) is 0. The smallest absolute Gasteiger partial charge is 0.352 e. The SMILES string of the molecule is Cc1ccc(-[n+]2c(N)cc(N)nc2SCC2=C(C(=O)O)N3C(=O)C(NC(=O)/C(=N\OC(C)(C)C(=O)O)c4csc(N)n4)[C@H]3SC2)c(C)c1. The number of carbonyl (C=O) groups is 4. The maximum atomic E-state index is 13.4. The van der Waals surface area contributed by atoms with E-state index in [1.807, 2.05) is 32.0 Å². The lowest BCUT2D eigenvalue weighted by molar-refractivity contribution is -0.626. The van der Waals surface area contributed by atoms with Crippen LogP contribution in [0.15, 0.2) is 51.2 Å². The average Bonchev–Trinajstić information content (AvgIpc) is 3.44. The van der Waals surface area contributed by atoms with Crippen LogP contribution in [0.1, 0.15) is 30.7 Å². The van der Waals surface area contributed by atoms with Crippen LogP contribution in [0.25, 0.3) is 5.69 Å². The monoisotopic (exact) mass is 714 g/mol. The summed E-state index contributed by atoms with van der Waals surface area (Å²) in [6.45, 7) is 6.40. The maximum Gasteiger partial charge on any atom is 0.352 e. The van der Waals surface area contributed by atoms with E-state index in [0.717, 1.165) is 33.1 Å². The number of thiazole rings is 1. The Hall–Kier alpha value is -4.88. The summed E-state index contributed by atoms with van der Waals surface area (Å²) in [5.41, 5.74) is 19.0. The average molecular weight is 715 g/mol. The van der Waals surface area contributed by atoms with Crippen molar-refractivity contribution in [3.05, 3.63) is 57.7 Å². The number of carboxylic acids is 2. The molecular weight excluding hydrogens is 683 g/mol. The van der Waals surface area contributed by atoms with Gasteiger partial charge in [-0.05, 0) is 56.7 Å². The number of aromatic nitrogens is 3. The van der Waals surface area contributed by atoms with Gasteiger partial charge in [-0.1, -0.05) is 27.8 Å². The van der Waals surface area contributed by atoms with Crippen molar-refractivity contribution < 1.29 is 38.8 Å². The van der Waals surface area contributed by atoms with Gasteiger partial charge < -0.3 is 37.6 Å². The minimum atomic E-state index is -1.78. The number of hydrogen-bond donors (Lipinski definition) is 6. The minimum Gasteiger partial charge on any atom is -0.478 e. The molecule has 16 nitrogen and oxygen atoms in total. The van der Waals surface area contributed by atoms with Crippen LogP contribution in [0.5, 0.6) is 0 Å². The Morgan fingerprint density at radius 1 is 1.19 bits per heavy atom. The third kappa shape index (κ3) is 6.74. The molecular formula is C29H32N9O7S3+. The highest BCUT2D eigenvalue weighted by Crippen LogP contribution is 2.41. The van der Waals surface area contributed by atoms with Crippen LogP contribution in [0, 0.1) is 13.8 Å². The van der Waals surface area contributed by atoms with Crippen molar-refractivity contribution in [2.24, 2.45) is 5.16 Å². The highest BCUT2D eigenvalue weighted by atomic mass is 32.2. The van der Waals surface area contributed by atoms with Crippen molar-refractivity contribution in [3.63, 3.8) is 0 Å². The molecule has 0 aliphatic carbocycles. The number of nitrogens with one attached hydrogen (secondary N) is 1. The van der Waals surface area contributed by atoms with Crippen molar-refractivity contribution in [2.45, 2.75) is 49.9 Å². The Kier molecular flexibility index (Phi) is 9.56. The molecule has 0 bridgehead atoms. The second kappa shape index (κ2) is 13.3. The van der Waals surface area contributed by atoms with Crippen molar-refractivity contribution in [1.82, 2.24) is 20.2 Å². The van der Waals surface area contributed by atoms with Crippen LogP contribution in [0.4, 0.5) is 16.8 Å². The number of β-lactam (4-membered cyclic amide) rings is 1. The van der Waals surface area contributed by atoms with Crippen LogP contribution < -0.4 is 27.1 Å². The van der Waals surface area contributed by atoms with Gasteiger partial charge in [-0.15, -0.1) is 23.1 Å². The number of nitrogens with zero attached hydrogens (tertiary/aromatic N) is 5. The number of aryl methyl sites for hydroxylation is 2. The molecule has 2 aliphatic heterocycles. The van der Waals surface area contributed by atoms with Gasteiger partial charge in [0.25, 0.3) is 11.8 Å². The number of nitrogen functional groups attached to an aromatic ring is 3. The van der Waals surface area contributed by atoms with Crippen molar-refractivity contribution in [2.75, 3.05) is 28.7 Å². The molecule has 0 spiro atoms. The molecule has 2 aliphatic rings. The quantitative estimate of drug-likeness (QED) is 0.0409. The third-order valence-corrected chi connectivity index (χ3v) is 10.4. The number of fused-ring (bicyclic) bond motifs is 1. The number of aliphatic carboxylic acids is 2. The predicted molar refractivity (Wildman–Crippen MR) is 180 cm³/mol. The molecule has 0 saturated carbocycles. The summed E-state index contributed by atoms with van der Waals surface area (Å²) in [5, 5.41) is 27.2. The molecule has 252 valence electrons. The lowest BCUT2D eigenvalue weighted by atomic mass is 10.0. The highest BCUT2D eigenvalue weighted by molar-refractivity contribution is 8.01. The molecule has 0 radical (unpaired) electrons. The van der Waals surface area contributed by atoms with Crippen LogP contribution in [0.3, 0.4) is 0 Å². The van der Waals surface area contributed by atoms with E-state index in [4.69, 9.17) is 22.0 Å². The van der Waals surface area contributed by atoms with Crippen LogP contribution in [0.2, 0.25) is 0 Å². The van der Waals surface area contributed by atoms with E-state index in [2.05, 4.69) is 20.4 Å². The molecule has 1 unspecified atom stereocenters. The Balaban J connectivity index is 1.37. The van der Waals surface area contributed by atoms with Gasteiger partial charge in [-0.2, -0.15) is 4.57 Å². The fourth-order valence-corrected chi connectivity index (χ4v) is 7.94. The standard InChI is InChI=1S/C29H31N9O7S3/c1-12-5-6-16(13(2)7-12)37-18(31)8-17(30)34-28(37)48-10-14-9-46-24-20(23(40)38(24)21(14)25(41)42)35-22(39)19(15-11-47-27(32)33-15)36-45-29(3,4)26(43)44/h5-8,11,20,24H,9-10H2,1-4H3,(H8,30,31,32,33,35,39,41,42,43,44)/p+1/b36-19-/t20?,24-/m1/s1. The minimum absolute atomic E-state index is 0.00964. The summed E-state index contributed by atoms with van der Waals surface area (Å²) in [6.07, 6.45) is 0. The number of anilines is 3. The number of rotatable bonds is 11. The summed E-state index contributed by atoms with van der Waals surface area (Å²) < 4.78 is 1.74. The second-order valence-corrected chi connectivity index (χ2v) is 14.3. The maximum absolute atomic E-state index is 13.4. The van der Waals surface area contributed by atoms with Crippen LogP contribution in [-0.2, 0) is 24.0 Å². The number of oxime groups is 1. The zero-order chi connectivity index (χ0) is 35.1. The highest BCUT2D eigenvalue weighted by Gasteiger charge is 2.54. The lowest BCUT2D eigenvalue weighted by Gasteiger charge is -2.49. The van der Waals surface area contributed by atoms with Gasteiger partial charge in [-0.25, -0.2) is 14.6 Å². The first-order valence-corrected chi connectivity index (χ1v) is 17.1. The normalized spacial score (nSPS) is 17.9. The van der Waals surface area contributed by atoms with Gasteiger partial charge in [0.1, 0.15) is 28.5 Å². The van der Waals surface area contributed by atoms with Gasteiger partial charge in [0.05, 0.1) is 6.07 Å². The molecule has 1 aromatic carbocycles. The number of amides is 2. The number of hydrogen-bond acceptors (Lipinski definition) is 14. The Morgan fingerprint density at radius 2 is 1.92 bits per heavy atom. The van der Waals surface area contributed by atoms with Gasteiger partial charge in [0, 0.05) is 16.9 Å². The van der Waals surface area contributed by atoms with Crippen molar-refractivity contribution in [1.29, 1.82) is 0 Å². The first kappa shape index (κ1) is 34.5. The molecule has 4 heterocycles. The van der Waals surface area contributed by atoms with E-state index < -0.39 is 46.5 Å². The summed E-state index contributed by atoms with van der Waals surface area (Å²) in [4.78, 5) is 65.6. The van der Waals surface area contributed by atoms with E-state index in [1.165, 1.54) is 48.8 Å². The van der Waals surface area contributed by atoms with Crippen LogP contribution in [-0.4, -0.2) is 83.1 Å². The van der Waals surface area contributed by atoms with E-state index in [1.54, 1.807) is 4.57 Å². The number of nitrogens with two attached hydrogens (primary N) is 3.